The van der Waals surface area contributed by atoms with Crippen LogP contribution in [0.3, 0.4) is 0 Å². The maximum atomic E-state index is 13.3. The molecule has 0 bridgehead atoms. The third kappa shape index (κ3) is 5.04. The third-order valence-electron chi connectivity index (χ3n) is 5.55. The summed E-state index contributed by atoms with van der Waals surface area (Å²) in [5, 5.41) is 0. The molecule has 5 nitrogen and oxygen atoms in total. The molecule has 1 heterocycles. The molecule has 0 N–H and O–H groups in total. The van der Waals surface area contributed by atoms with Gasteiger partial charge in [-0.3, -0.25) is 0 Å². The van der Waals surface area contributed by atoms with Crippen LogP contribution < -0.4 is 0 Å². The minimum atomic E-state index is -2.40. The van der Waals surface area contributed by atoms with E-state index in [1.807, 2.05) is 4.90 Å². The van der Waals surface area contributed by atoms with Gasteiger partial charge in [0.15, 0.2) is 0 Å². The topological polar surface area (TPSA) is 48.0 Å². The summed E-state index contributed by atoms with van der Waals surface area (Å²) in [5.74, 6) is 0. The van der Waals surface area contributed by atoms with Crippen molar-refractivity contribution in [2.75, 3.05) is 20.3 Å². The molecule has 146 valence electrons. The second-order valence-corrected chi connectivity index (χ2v) is 24.7. The van der Waals surface area contributed by atoms with Crippen molar-refractivity contribution < 1.29 is 19.0 Å². The van der Waals surface area contributed by atoms with E-state index in [0.29, 0.717) is 6.61 Å². The van der Waals surface area contributed by atoms with Crippen molar-refractivity contribution in [2.45, 2.75) is 89.0 Å². The molecule has 2 fully saturated rings. The Morgan fingerprint density at radius 3 is 2.40 bits per heavy atom. The summed E-state index contributed by atoms with van der Waals surface area (Å²) in [6.45, 7) is 5.50. The number of methoxy groups -OCH3 is 1. The molecule has 1 aliphatic carbocycles. The van der Waals surface area contributed by atoms with E-state index >= 15 is 0 Å². The minimum absolute atomic E-state index is 0.0778. The first-order valence-electron chi connectivity index (χ1n) is 9.76. The van der Waals surface area contributed by atoms with E-state index in [-0.39, 0.29) is 15.8 Å². The van der Waals surface area contributed by atoms with Crippen LogP contribution in [0.25, 0.3) is 0 Å². The van der Waals surface area contributed by atoms with Gasteiger partial charge in [-0.05, 0) is 0 Å². The van der Waals surface area contributed by atoms with Gasteiger partial charge < -0.3 is 0 Å². The Kier molecular flexibility index (Phi) is 7.10. The van der Waals surface area contributed by atoms with Gasteiger partial charge in [0.25, 0.3) is 0 Å². The molecule has 25 heavy (non-hydrogen) atoms. The molecule has 0 radical (unpaired) electrons. The van der Waals surface area contributed by atoms with Crippen molar-refractivity contribution in [3.8, 4) is 0 Å². The Morgan fingerprint density at radius 1 is 1.20 bits per heavy atom. The molecular formula is C19H37NO4Sn. The van der Waals surface area contributed by atoms with Gasteiger partial charge in [0.2, 0.25) is 0 Å². The fourth-order valence-electron chi connectivity index (χ4n) is 4.13. The second kappa shape index (κ2) is 8.34. The summed E-state index contributed by atoms with van der Waals surface area (Å²) in [4.78, 5) is 22.2. The molecule has 0 aromatic rings. The number of rotatable bonds is 6. The van der Waals surface area contributed by atoms with Crippen LogP contribution in [0, 0.1) is 0 Å². The zero-order valence-corrected chi connectivity index (χ0v) is 19.9. The number of carbonyl (C=O) groups is 1. The molecule has 1 spiro atoms. The van der Waals surface area contributed by atoms with Crippen LogP contribution in [0.4, 0.5) is 4.79 Å². The average Bonchev–Trinajstić information content (AvgIpc) is 2.77. The molecule has 0 unspecified atom stereocenters. The first kappa shape index (κ1) is 21.3. The van der Waals surface area contributed by atoms with Crippen molar-refractivity contribution in [1.29, 1.82) is 0 Å². The van der Waals surface area contributed by atoms with Crippen LogP contribution in [0.2, 0.25) is 14.8 Å². The Bertz CT molecular complexity index is 455. The SMILES string of the molecule is COCCC[C@@H](OC(=O)N1C(C)(C)COC12CCCCC2)[Sn]([CH3])([CH3])[CH3]. The van der Waals surface area contributed by atoms with Gasteiger partial charge >= 0.3 is 158 Å². The van der Waals surface area contributed by atoms with E-state index in [1.165, 1.54) is 6.42 Å². The quantitative estimate of drug-likeness (QED) is 0.429. The van der Waals surface area contributed by atoms with Gasteiger partial charge in [0, 0.05) is 0 Å². The predicted octanol–water partition coefficient (Wildman–Crippen LogP) is 4.57. The Balaban J connectivity index is 2.14. The van der Waals surface area contributed by atoms with Gasteiger partial charge in [0.1, 0.15) is 0 Å². The Morgan fingerprint density at radius 2 is 1.84 bits per heavy atom. The molecule has 1 saturated heterocycles. The molecule has 1 saturated carbocycles. The molecular weight excluding hydrogens is 425 g/mol. The predicted molar refractivity (Wildman–Crippen MR) is 102 cm³/mol. The number of hydrogen-bond donors (Lipinski definition) is 0. The third-order valence-corrected chi connectivity index (χ3v) is 12.2. The van der Waals surface area contributed by atoms with Gasteiger partial charge in [-0.1, -0.05) is 0 Å². The van der Waals surface area contributed by atoms with Crippen LogP contribution >= 0.6 is 0 Å². The van der Waals surface area contributed by atoms with Crippen LogP contribution in [-0.2, 0) is 14.2 Å². The summed E-state index contributed by atoms with van der Waals surface area (Å²) < 4.78 is 17.6. The molecule has 0 aromatic carbocycles. The van der Waals surface area contributed by atoms with Crippen LogP contribution in [-0.4, -0.2) is 65.1 Å². The number of amides is 1. The number of hydrogen-bond acceptors (Lipinski definition) is 4. The van der Waals surface area contributed by atoms with E-state index in [9.17, 15) is 4.79 Å². The second-order valence-electron chi connectivity index (χ2n) is 9.32. The normalized spacial score (nSPS) is 23.7. The van der Waals surface area contributed by atoms with E-state index in [0.717, 1.165) is 45.1 Å². The average molecular weight is 462 g/mol. The summed E-state index contributed by atoms with van der Waals surface area (Å²) in [6, 6.07) is 0. The Labute approximate surface area is 157 Å². The van der Waals surface area contributed by atoms with Crippen LogP contribution in [0.5, 0.6) is 0 Å². The summed E-state index contributed by atoms with van der Waals surface area (Å²) in [7, 11) is 1.72. The fraction of sp³-hybridized carbons (Fsp3) is 0.947. The van der Waals surface area contributed by atoms with Crippen molar-refractivity contribution in [3.05, 3.63) is 0 Å². The molecule has 2 aliphatic rings. The van der Waals surface area contributed by atoms with Crippen LogP contribution in [0.1, 0.15) is 58.8 Å². The van der Waals surface area contributed by atoms with E-state index < -0.39 is 24.1 Å². The van der Waals surface area contributed by atoms with Crippen molar-refractivity contribution >= 4 is 24.5 Å². The number of ether oxygens (including phenoxy) is 3. The Hall–Kier alpha value is -0.0113. The van der Waals surface area contributed by atoms with Crippen molar-refractivity contribution in [1.82, 2.24) is 4.90 Å². The zero-order valence-electron chi connectivity index (χ0n) is 17.0. The molecule has 6 heteroatoms. The maximum absolute atomic E-state index is 13.3. The summed E-state index contributed by atoms with van der Waals surface area (Å²) in [6.07, 6.45) is 7.00. The molecule has 1 aliphatic heterocycles. The van der Waals surface area contributed by atoms with Gasteiger partial charge in [-0.2, -0.15) is 0 Å². The fourth-order valence-corrected chi connectivity index (χ4v) is 8.48. The van der Waals surface area contributed by atoms with Crippen LogP contribution in [0.15, 0.2) is 0 Å². The van der Waals surface area contributed by atoms with E-state index in [4.69, 9.17) is 14.2 Å². The standard InChI is InChI=1S/C16H28NO4.3CH3.Sn/c1-15(2)13-21-16(9-5-4-6-10-16)17(15)14(18)20-12-8-7-11-19-3;;;;/h12H,4-11,13H2,1-3H3;3*1H3;. The number of carbonyl (C=O) groups excluding carboxylic acids is 1. The monoisotopic (exact) mass is 463 g/mol. The number of nitrogens with zero attached hydrogens (tertiary/aromatic N) is 1. The van der Waals surface area contributed by atoms with E-state index in [2.05, 4.69) is 28.7 Å². The van der Waals surface area contributed by atoms with E-state index in [1.54, 1.807) is 7.11 Å². The summed E-state index contributed by atoms with van der Waals surface area (Å²) in [5.41, 5.74) is -0.748. The van der Waals surface area contributed by atoms with Crippen molar-refractivity contribution in [2.24, 2.45) is 0 Å². The van der Waals surface area contributed by atoms with Crippen molar-refractivity contribution in [3.63, 3.8) is 0 Å². The first-order chi connectivity index (χ1) is 11.6. The van der Waals surface area contributed by atoms with Gasteiger partial charge in [-0.15, -0.1) is 0 Å². The summed E-state index contributed by atoms with van der Waals surface area (Å²) >= 11 is -2.40. The first-order valence-corrected chi connectivity index (χ1v) is 20.0. The molecule has 0 aromatic heterocycles. The zero-order chi connectivity index (χ0) is 18.7. The molecule has 1 atom stereocenters. The van der Waals surface area contributed by atoms with Gasteiger partial charge in [0.05, 0.1) is 0 Å². The molecule has 2 rings (SSSR count). The van der Waals surface area contributed by atoms with Gasteiger partial charge in [-0.25, -0.2) is 0 Å². The molecule has 1 amide bonds.